The van der Waals surface area contributed by atoms with Gasteiger partial charge in [-0.1, -0.05) is 41.5 Å². The third-order valence-electron chi connectivity index (χ3n) is 6.54. The number of ether oxygens (including phenoxy) is 5. The molecule has 0 amide bonds. The largest absolute Gasteiger partial charge is 0.462 e. The minimum Gasteiger partial charge on any atom is -0.462 e. The van der Waals surface area contributed by atoms with E-state index in [9.17, 15) is 9.59 Å². The number of methoxy groups -OCH3 is 1. The monoisotopic (exact) mass is 584 g/mol. The summed E-state index contributed by atoms with van der Waals surface area (Å²) in [5, 5.41) is -0.0424. The molecule has 0 atom stereocenters. The molecule has 226 valence electrons. The lowest BCUT2D eigenvalue weighted by Crippen LogP contribution is -2.43. The topological polar surface area (TPSA) is 117 Å². The van der Waals surface area contributed by atoms with Crippen LogP contribution in [0.3, 0.4) is 0 Å². The van der Waals surface area contributed by atoms with E-state index in [2.05, 4.69) is 67.7 Å². The average Bonchev–Trinajstić information content (AvgIpc) is 2.77. The van der Waals surface area contributed by atoms with Crippen LogP contribution in [0.4, 0.5) is 0 Å². The Labute approximate surface area is 231 Å². The second-order valence-corrected chi connectivity index (χ2v) is 21.4. The first-order valence-corrected chi connectivity index (χ1v) is 18.8. The zero-order chi connectivity index (χ0) is 29.5. The fraction of sp³-hybridized carbons (Fsp3) is 0.920. The minimum absolute atomic E-state index is 0.0212. The lowest BCUT2D eigenvalue weighted by Gasteiger charge is -2.35. The first-order valence-electron chi connectivity index (χ1n) is 13.0. The van der Waals surface area contributed by atoms with Gasteiger partial charge in [0, 0.05) is 7.11 Å². The van der Waals surface area contributed by atoms with Crippen LogP contribution in [0.5, 0.6) is 0 Å². The number of carbonyl (C=O) groups excluding carboxylic acids is 2. The summed E-state index contributed by atoms with van der Waals surface area (Å²) in [6.45, 7) is 21.4. The summed E-state index contributed by atoms with van der Waals surface area (Å²) in [4.78, 5) is 34.8. The first-order chi connectivity index (χ1) is 17.4. The van der Waals surface area contributed by atoms with Gasteiger partial charge in [0.15, 0.2) is 5.78 Å². The van der Waals surface area contributed by atoms with Crippen molar-refractivity contribution in [1.29, 1.82) is 0 Å². The number of Topliss-reactive ketones (excluding diaryl/α,β-unsaturated/α-hetero) is 1. The molecular weight excluding hydrogens is 532 g/mol. The molecule has 38 heavy (non-hydrogen) atoms. The molecule has 0 spiro atoms. The lowest BCUT2D eigenvalue weighted by molar-refractivity contribution is -0.275. The highest BCUT2D eigenvalue weighted by molar-refractivity contribution is 6.74. The highest BCUT2D eigenvalue weighted by atomic mass is 28.4. The van der Waals surface area contributed by atoms with Gasteiger partial charge < -0.3 is 23.7 Å². The normalized spacial score (nSPS) is 13.3. The molecule has 11 nitrogen and oxygen atoms in total. The van der Waals surface area contributed by atoms with Crippen molar-refractivity contribution < 1.29 is 52.2 Å². The summed E-state index contributed by atoms with van der Waals surface area (Å²) < 4.78 is 37.5. The number of carbonyl (C=O) groups is 2. The number of ketones is 1. The van der Waals surface area contributed by atoms with E-state index in [1.54, 1.807) is 0 Å². The lowest BCUT2D eigenvalue weighted by atomic mass is 10.2. The number of rotatable bonds is 21. The second-order valence-electron chi connectivity index (χ2n) is 12.0. The third-order valence-corrected chi connectivity index (χ3v) is 14.8. The smallest absolute Gasteiger partial charge is 0.332 e. The van der Waals surface area contributed by atoms with Crippen LogP contribution in [0.25, 0.3) is 0 Å². The molecule has 0 aromatic rings. The molecule has 13 heteroatoms. The van der Waals surface area contributed by atoms with Crippen molar-refractivity contribution in [2.24, 2.45) is 0 Å². The maximum absolute atomic E-state index is 12.3. The molecular formula is C25H52O11Si2. The van der Waals surface area contributed by atoms with Crippen molar-refractivity contribution in [1.82, 2.24) is 0 Å². The van der Waals surface area contributed by atoms with Gasteiger partial charge in [-0.25, -0.2) is 14.6 Å². The summed E-state index contributed by atoms with van der Waals surface area (Å²) in [7, 11) is -2.73. The molecule has 0 aliphatic rings. The molecule has 0 heterocycles. The van der Waals surface area contributed by atoms with Gasteiger partial charge in [0.25, 0.3) is 0 Å². The fourth-order valence-electron chi connectivity index (χ4n) is 1.90. The Kier molecular flexibility index (Phi) is 17.5. The van der Waals surface area contributed by atoms with Crippen LogP contribution < -0.4 is 0 Å². The van der Waals surface area contributed by atoms with Gasteiger partial charge in [0.2, 0.25) is 16.6 Å². The van der Waals surface area contributed by atoms with Crippen molar-refractivity contribution >= 4 is 28.4 Å². The molecule has 0 aliphatic carbocycles. The highest BCUT2D eigenvalue weighted by Gasteiger charge is 2.40. The summed E-state index contributed by atoms with van der Waals surface area (Å²) >= 11 is 0. The second kappa shape index (κ2) is 17.8. The number of esters is 1. The molecule has 0 saturated carbocycles. The number of hydrogen-bond acceptors (Lipinski definition) is 11. The van der Waals surface area contributed by atoms with Crippen LogP contribution in [-0.4, -0.2) is 101 Å². The molecule has 0 aliphatic heterocycles. The fourth-order valence-corrected chi connectivity index (χ4v) is 3.13. The Bertz CT molecular complexity index is 641. The van der Waals surface area contributed by atoms with Gasteiger partial charge in [-0.05, 0) is 36.3 Å². The van der Waals surface area contributed by atoms with Gasteiger partial charge in [-0.15, -0.1) is 0 Å². The molecule has 0 aromatic heterocycles. The first kappa shape index (κ1) is 37.3. The molecule has 0 aromatic carbocycles. The van der Waals surface area contributed by atoms with E-state index in [4.69, 9.17) is 42.6 Å². The standard InChI is InChI=1S/C25H52O11Si2/c1-24(2,3)37(8,9)35-33-18-22(19-34-36-38(10,11)25(4,5)6)32-17-21(26)16-29-13-14-30-20-23(27)31-15-12-28-7/h22H,12-20H2,1-11H3. The zero-order valence-corrected chi connectivity index (χ0v) is 27.4. The Balaban J connectivity index is 4.54. The van der Waals surface area contributed by atoms with Gasteiger partial charge in [0.1, 0.15) is 45.7 Å². The van der Waals surface area contributed by atoms with Gasteiger partial charge in [0.05, 0.1) is 19.8 Å². The van der Waals surface area contributed by atoms with E-state index in [0.717, 1.165) is 0 Å². The maximum Gasteiger partial charge on any atom is 0.332 e. The summed E-state index contributed by atoms with van der Waals surface area (Å²) in [6.07, 6.45) is -0.582. The number of hydrogen-bond donors (Lipinski definition) is 0. The van der Waals surface area contributed by atoms with E-state index < -0.39 is 28.7 Å². The van der Waals surface area contributed by atoms with Crippen LogP contribution in [-0.2, 0) is 52.2 Å². The van der Waals surface area contributed by atoms with Crippen molar-refractivity contribution in [3.8, 4) is 0 Å². The Hall–Kier alpha value is -0.746. The average molecular weight is 585 g/mol. The van der Waals surface area contributed by atoms with Crippen LogP contribution in [0.1, 0.15) is 41.5 Å². The van der Waals surface area contributed by atoms with Crippen LogP contribution >= 0.6 is 0 Å². The predicted octanol–water partition coefficient (Wildman–Crippen LogP) is 4.07. The molecule has 0 rings (SSSR count). The summed E-state index contributed by atoms with van der Waals surface area (Å²) in [5.41, 5.74) is 0. The van der Waals surface area contributed by atoms with Crippen molar-refractivity contribution in [2.45, 2.75) is 83.9 Å². The third kappa shape index (κ3) is 16.4. The molecule has 0 radical (unpaired) electrons. The molecule has 0 bridgehead atoms. The van der Waals surface area contributed by atoms with Crippen molar-refractivity contribution in [2.75, 3.05) is 66.6 Å². The molecule has 0 N–H and O–H groups in total. The molecule has 0 unspecified atom stereocenters. The van der Waals surface area contributed by atoms with Gasteiger partial charge in [-0.3, -0.25) is 13.9 Å². The van der Waals surface area contributed by atoms with E-state index >= 15 is 0 Å². The quantitative estimate of drug-likeness (QED) is 0.0639. The predicted molar refractivity (Wildman–Crippen MR) is 148 cm³/mol. The Morgan fingerprint density at radius 1 is 0.684 bits per heavy atom. The van der Waals surface area contributed by atoms with Gasteiger partial charge >= 0.3 is 5.97 Å². The minimum atomic E-state index is -2.12. The zero-order valence-electron chi connectivity index (χ0n) is 25.4. The summed E-state index contributed by atoms with van der Waals surface area (Å²) in [5.74, 6) is -0.748. The van der Waals surface area contributed by atoms with Crippen molar-refractivity contribution in [3.63, 3.8) is 0 Å². The van der Waals surface area contributed by atoms with Crippen molar-refractivity contribution in [3.05, 3.63) is 0 Å². The Morgan fingerprint density at radius 3 is 1.61 bits per heavy atom. The highest BCUT2D eigenvalue weighted by Crippen LogP contribution is 2.37. The van der Waals surface area contributed by atoms with E-state index in [0.29, 0.717) is 6.61 Å². The van der Waals surface area contributed by atoms with Crippen LogP contribution in [0, 0.1) is 0 Å². The van der Waals surface area contributed by atoms with Gasteiger partial charge in [-0.2, -0.15) is 0 Å². The maximum atomic E-state index is 12.3. The molecule has 0 saturated heterocycles. The van der Waals surface area contributed by atoms with E-state index in [1.165, 1.54) is 7.11 Å². The van der Waals surface area contributed by atoms with Crippen LogP contribution in [0.15, 0.2) is 0 Å². The van der Waals surface area contributed by atoms with E-state index in [1.807, 2.05) is 0 Å². The van der Waals surface area contributed by atoms with E-state index in [-0.39, 0.29) is 68.7 Å². The SMILES string of the molecule is COCCOC(=O)COCCOCC(=O)COC(COO[Si](C)(C)C(C)(C)C)COO[Si](C)(C)C(C)(C)C. The van der Waals surface area contributed by atoms with Crippen LogP contribution in [0.2, 0.25) is 36.3 Å². The molecule has 0 fully saturated rings. The Morgan fingerprint density at radius 2 is 1.16 bits per heavy atom. The summed E-state index contributed by atoms with van der Waals surface area (Å²) in [6, 6.07) is 0.